The summed E-state index contributed by atoms with van der Waals surface area (Å²) in [5.74, 6) is 0.741. The fraction of sp³-hybridized carbons (Fsp3) is 0.625. The summed E-state index contributed by atoms with van der Waals surface area (Å²) in [6.07, 6.45) is 6.21. The van der Waals surface area contributed by atoms with E-state index < -0.39 is 0 Å². The maximum absolute atomic E-state index is 9.22. The molecule has 1 aromatic rings. The van der Waals surface area contributed by atoms with Gasteiger partial charge in [-0.3, -0.25) is 4.98 Å². The molecule has 0 bridgehead atoms. The van der Waals surface area contributed by atoms with Crippen molar-refractivity contribution in [1.82, 2.24) is 10.3 Å². The number of aryl methyl sites for hydroxylation is 1. The Bertz CT molecular complexity index is 489. The molecule has 0 spiro atoms. The van der Waals surface area contributed by atoms with Gasteiger partial charge >= 0.3 is 0 Å². The molecule has 1 saturated carbocycles. The van der Waals surface area contributed by atoms with Gasteiger partial charge in [-0.05, 0) is 51.3 Å². The van der Waals surface area contributed by atoms with Crippen molar-refractivity contribution < 1.29 is 0 Å². The van der Waals surface area contributed by atoms with Crippen LogP contribution in [0.2, 0.25) is 0 Å². The summed E-state index contributed by atoms with van der Waals surface area (Å²) < 4.78 is 0. The third-order valence-corrected chi connectivity index (χ3v) is 4.77. The predicted molar refractivity (Wildman–Crippen MR) is 84.8 cm³/mol. The van der Waals surface area contributed by atoms with Gasteiger partial charge in [0.1, 0.15) is 6.07 Å². The second-order valence-corrected chi connectivity index (χ2v) is 6.31. The van der Waals surface area contributed by atoms with Crippen LogP contribution in [0.3, 0.4) is 0 Å². The van der Waals surface area contributed by atoms with Gasteiger partial charge in [-0.25, -0.2) is 0 Å². The maximum atomic E-state index is 9.22. The smallest absolute Gasteiger partial charge is 0.101 e. The molecule has 4 heteroatoms. The summed E-state index contributed by atoms with van der Waals surface area (Å²) in [4.78, 5) is 4.53. The minimum Gasteiger partial charge on any atom is -0.317 e. The number of hydrogen-bond donors (Lipinski definition) is 2. The lowest BCUT2D eigenvalue weighted by molar-refractivity contribution is 0.357. The molecule has 1 heterocycles. The molecule has 1 N–H and O–H groups in total. The Labute approximate surface area is 127 Å². The van der Waals surface area contributed by atoms with Crippen molar-refractivity contribution in [3.8, 4) is 6.07 Å². The molecular weight excluding hydrogens is 266 g/mol. The molecule has 2 unspecified atom stereocenters. The van der Waals surface area contributed by atoms with Crippen LogP contribution in [0.5, 0.6) is 0 Å². The van der Waals surface area contributed by atoms with E-state index in [4.69, 9.17) is 12.6 Å². The van der Waals surface area contributed by atoms with Gasteiger partial charge in [-0.2, -0.15) is 17.9 Å². The molecule has 108 valence electrons. The molecule has 0 saturated heterocycles. The standard InChI is InChI=1S/C16H23N3S/c1-11-7-8-13(10-17)16(19-11)15(20)9-14(18-2)12-5-3-4-6-12/h7-8,12,14-15,18,20H,3-6,9H2,1-2H3. The number of nitriles is 1. The number of rotatable bonds is 5. The number of hydrogen-bond acceptors (Lipinski definition) is 4. The Kier molecular flexibility index (Phi) is 5.45. The van der Waals surface area contributed by atoms with Crippen molar-refractivity contribution in [3.63, 3.8) is 0 Å². The normalized spacial score (nSPS) is 18.7. The largest absolute Gasteiger partial charge is 0.317 e. The van der Waals surface area contributed by atoms with Gasteiger partial charge in [0.25, 0.3) is 0 Å². The lowest BCUT2D eigenvalue weighted by Gasteiger charge is -2.25. The number of nitrogens with zero attached hydrogens (tertiary/aromatic N) is 2. The van der Waals surface area contributed by atoms with Gasteiger partial charge < -0.3 is 5.32 Å². The Hall–Kier alpha value is -1.05. The zero-order valence-corrected chi connectivity index (χ0v) is 13.2. The molecule has 2 atom stereocenters. The molecule has 3 nitrogen and oxygen atoms in total. The minimum atomic E-state index is 0.0163. The van der Waals surface area contributed by atoms with Crippen molar-refractivity contribution in [2.75, 3.05) is 7.05 Å². The van der Waals surface area contributed by atoms with Crippen LogP contribution in [-0.4, -0.2) is 18.1 Å². The average molecular weight is 289 g/mol. The van der Waals surface area contributed by atoms with Crippen LogP contribution in [0, 0.1) is 24.2 Å². The number of pyridine rings is 1. The second-order valence-electron chi connectivity index (χ2n) is 5.69. The summed E-state index contributed by atoms with van der Waals surface area (Å²) >= 11 is 4.72. The van der Waals surface area contributed by atoms with Crippen LogP contribution in [0.1, 0.15) is 54.3 Å². The van der Waals surface area contributed by atoms with Gasteiger partial charge in [0, 0.05) is 17.0 Å². The molecule has 0 aromatic carbocycles. The lowest BCUT2D eigenvalue weighted by Crippen LogP contribution is -2.33. The molecule has 2 rings (SSSR count). The third-order valence-electron chi connectivity index (χ3n) is 4.32. The molecule has 0 aliphatic heterocycles. The van der Waals surface area contributed by atoms with E-state index in [1.807, 2.05) is 26.1 Å². The number of thiol groups is 1. The SMILES string of the molecule is CNC(CC(S)c1nc(C)ccc1C#N)C1CCCC1. The van der Waals surface area contributed by atoms with Crippen LogP contribution >= 0.6 is 12.6 Å². The zero-order valence-electron chi connectivity index (χ0n) is 12.3. The average Bonchev–Trinajstić information content (AvgIpc) is 2.98. The number of nitrogens with one attached hydrogen (secondary N) is 1. The van der Waals surface area contributed by atoms with Crippen molar-refractivity contribution in [2.45, 2.75) is 50.3 Å². The zero-order chi connectivity index (χ0) is 14.5. The van der Waals surface area contributed by atoms with Gasteiger partial charge in [0.15, 0.2) is 0 Å². The van der Waals surface area contributed by atoms with Crippen LogP contribution in [0.15, 0.2) is 12.1 Å². The van der Waals surface area contributed by atoms with E-state index in [9.17, 15) is 5.26 Å². The van der Waals surface area contributed by atoms with Crippen molar-refractivity contribution in [1.29, 1.82) is 5.26 Å². The summed E-state index contributed by atoms with van der Waals surface area (Å²) in [5.41, 5.74) is 2.42. The Morgan fingerprint density at radius 1 is 1.45 bits per heavy atom. The quantitative estimate of drug-likeness (QED) is 0.817. The Balaban J connectivity index is 2.12. The summed E-state index contributed by atoms with van der Waals surface area (Å²) in [6.45, 7) is 1.96. The van der Waals surface area contributed by atoms with Gasteiger partial charge in [0.2, 0.25) is 0 Å². The van der Waals surface area contributed by atoms with Crippen molar-refractivity contribution in [2.24, 2.45) is 5.92 Å². The summed E-state index contributed by atoms with van der Waals surface area (Å²) in [5, 5.41) is 12.7. The van der Waals surface area contributed by atoms with E-state index in [2.05, 4.69) is 16.4 Å². The van der Waals surface area contributed by atoms with E-state index in [0.717, 1.165) is 23.7 Å². The monoisotopic (exact) mass is 289 g/mol. The van der Waals surface area contributed by atoms with Crippen LogP contribution in [0.4, 0.5) is 0 Å². The summed E-state index contributed by atoms with van der Waals surface area (Å²) in [7, 11) is 2.03. The molecule has 0 radical (unpaired) electrons. The van der Waals surface area contributed by atoms with E-state index >= 15 is 0 Å². The maximum Gasteiger partial charge on any atom is 0.101 e. The van der Waals surface area contributed by atoms with E-state index in [0.29, 0.717) is 11.6 Å². The number of aromatic nitrogens is 1. The first-order valence-electron chi connectivity index (χ1n) is 7.38. The summed E-state index contributed by atoms with van der Waals surface area (Å²) in [6, 6.07) is 6.44. The van der Waals surface area contributed by atoms with Gasteiger partial charge in [-0.1, -0.05) is 12.8 Å². The fourth-order valence-electron chi connectivity index (χ4n) is 3.18. The molecule has 0 amide bonds. The first-order valence-corrected chi connectivity index (χ1v) is 7.90. The second kappa shape index (κ2) is 7.10. The molecule has 1 aromatic heterocycles. The topological polar surface area (TPSA) is 48.7 Å². The first kappa shape index (κ1) is 15.3. The lowest BCUT2D eigenvalue weighted by atomic mass is 9.92. The predicted octanol–water partition coefficient (Wildman–Crippen LogP) is 3.40. The first-order chi connectivity index (χ1) is 9.65. The third kappa shape index (κ3) is 3.53. The molecule has 1 aliphatic rings. The highest BCUT2D eigenvalue weighted by molar-refractivity contribution is 7.80. The Morgan fingerprint density at radius 3 is 2.75 bits per heavy atom. The highest BCUT2D eigenvalue weighted by Crippen LogP contribution is 2.34. The van der Waals surface area contributed by atoms with Gasteiger partial charge in [0.05, 0.1) is 11.3 Å². The van der Waals surface area contributed by atoms with Crippen LogP contribution in [0.25, 0.3) is 0 Å². The molecule has 20 heavy (non-hydrogen) atoms. The van der Waals surface area contributed by atoms with Crippen molar-refractivity contribution >= 4 is 12.6 Å². The van der Waals surface area contributed by atoms with Crippen LogP contribution in [-0.2, 0) is 0 Å². The van der Waals surface area contributed by atoms with E-state index in [1.165, 1.54) is 25.7 Å². The van der Waals surface area contributed by atoms with Gasteiger partial charge in [-0.15, -0.1) is 0 Å². The van der Waals surface area contributed by atoms with Crippen molar-refractivity contribution in [3.05, 3.63) is 29.1 Å². The van der Waals surface area contributed by atoms with E-state index in [-0.39, 0.29) is 5.25 Å². The highest BCUT2D eigenvalue weighted by atomic mass is 32.1. The molecule has 1 fully saturated rings. The molecule has 1 aliphatic carbocycles. The minimum absolute atomic E-state index is 0.0163. The fourth-order valence-corrected chi connectivity index (χ4v) is 3.61. The van der Waals surface area contributed by atoms with E-state index in [1.54, 1.807) is 0 Å². The molecular formula is C16H23N3S. The highest BCUT2D eigenvalue weighted by Gasteiger charge is 2.27. The van der Waals surface area contributed by atoms with Crippen LogP contribution < -0.4 is 5.32 Å². The Morgan fingerprint density at radius 2 is 2.15 bits per heavy atom.